The van der Waals surface area contributed by atoms with Crippen LogP contribution in [0.1, 0.15) is 28.5 Å². The number of rotatable bonds is 4. The molecule has 1 N–H and O–H groups in total. The van der Waals surface area contributed by atoms with E-state index in [2.05, 4.69) is 14.7 Å². The van der Waals surface area contributed by atoms with E-state index in [9.17, 15) is 12.8 Å². The molecule has 2 heterocycles. The van der Waals surface area contributed by atoms with Crippen molar-refractivity contribution in [1.82, 2.24) is 14.7 Å². The van der Waals surface area contributed by atoms with E-state index in [1.165, 1.54) is 23.6 Å². The number of aromatic nitrogens is 2. The number of hydrogen-bond acceptors (Lipinski definition) is 5. The maximum atomic E-state index is 13.5. The van der Waals surface area contributed by atoms with Gasteiger partial charge in [0, 0.05) is 11.1 Å². The van der Waals surface area contributed by atoms with Crippen molar-refractivity contribution in [3.8, 4) is 0 Å². The number of sulfonamides is 1. The predicted molar refractivity (Wildman–Crippen MR) is 74.5 cm³/mol. The summed E-state index contributed by atoms with van der Waals surface area (Å²) >= 11 is 1.41. The first-order valence-corrected chi connectivity index (χ1v) is 8.18. The largest absolute Gasteiger partial charge is 0.261 e. The zero-order valence-corrected chi connectivity index (χ0v) is 12.8. The summed E-state index contributed by atoms with van der Waals surface area (Å²) in [5, 5.41) is 0.262. The Morgan fingerprint density at radius 1 is 1.40 bits per heavy atom. The summed E-state index contributed by atoms with van der Waals surface area (Å²) in [6, 6.07) is 1.91. The van der Waals surface area contributed by atoms with E-state index in [1.807, 2.05) is 13.8 Å². The van der Waals surface area contributed by atoms with Crippen LogP contribution < -0.4 is 4.72 Å². The minimum absolute atomic E-state index is 0.493. The van der Waals surface area contributed by atoms with Gasteiger partial charge >= 0.3 is 0 Å². The molecule has 8 heteroatoms. The van der Waals surface area contributed by atoms with Gasteiger partial charge in [-0.25, -0.2) is 27.5 Å². The summed E-state index contributed by atoms with van der Waals surface area (Å²) in [6.45, 7) is 5.35. The molecule has 1 unspecified atom stereocenters. The molecule has 1 atom stereocenters. The molecule has 2 rings (SSSR count). The van der Waals surface area contributed by atoms with Gasteiger partial charge in [0.15, 0.2) is 5.82 Å². The molecule has 0 fully saturated rings. The minimum Gasteiger partial charge on any atom is -0.247 e. The van der Waals surface area contributed by atoms with E-state index in [1.54, 1.807) is 6.92 Å². The van der Waals surface area contributed by atoms with Crippen molar-refractivity contribution >= 4 is 21.4 Å². The molecular weight excluding hydrogens is 301 g/mol. The Morgan fingerprint density at radius 2 is 2.10 bits per heavy atom. The molecule has 0 saturated heterocycles. The van der Waals surface area contributed by atoms with Crippen LogP contribution in [0, 0.1) is 19.7 Å². The Morgan fingerprint density at radius 3 is 2.65 bits per heavy atom. The fraction of sp³-hybridized carbons (Fsp3) is 0.333. The maximum absolute atomic E-state index is 13.5. The van der Waals surface area contributed by atoms with Crippen LogP contribution in [-0.4, -0.2) is 18.4 Å². The topological polar surface area (TPSA) is 72.0 Å². The number of aryl methyl sites for hydroxylation is 2. The molecule has 108 valence electrons. The van der Waals surface area contributed by atoms with Gasteiger partial charge in [-0.1, -0.05) is 0 Å². The third-order valence-electron chi connectivity index (χ3n) is 2.64. The minimum atomic E-state index is -4.00. The van der Waals surface area contributed by atoms with E-state index in [0.717, 1.165) is 21.6 Å². The van der Waals surface area contributed by atoms with Gasteiger partial charge in [-0.05, 0) is 32.9 Å². The Kier molecular flexibility index (Phi) is 4.17. The van der Waals surface area contributed by atoms with Crippen molar-refractivity contribution in [2.45, 2.75) is 31.8 Å². The van der Waals surface area contributed by atoms with E-state index in [0.29, 0.717) is 0 Å². The lowest BCUT2D eigenvalue weighted by Gasteiger charge is -2.13. The molecule has 0 saturated carbocycles. The molecule has 0 spiro atoms. The van der Waals surface area contributed by atoms with E-state index < -0.39 is 26.9 Å². The van der Waals surface area contributed by atoms with E-state index >= 15 is 0 Å². The highest BCUT2D eigenvalue weighted by atomic mass is 32.2. The number of nitrogens with zero attached hydrogens (tertiary/aromatic N) is 2. The van der Waals surface area contributed by atoms with Crippen molar-refractivity contribution < 1.29 is 12.8 Å². The monoisotopic (exact) mass is 315 g/mol. The molecule has 0 amide bonds. The molecule has 2 aromatic rings. The number of halogens is 1. The molecule has 0 radical (unpaired) electrons. The highest BCUT2D eigenvalue weighted by Crippen LogP contribution is 2.25. The first-order valence-electron chi connectivity index (χ1n) is 5.88. The zero-order valence-electron chi connectivity index (χ0n) is 11.2. The molecule has 2 aromatic heterocycles. The predicted octanol–water partition coefficient (Wildman–Crippen LogP) is 2.33. The van der Waals surface area contributed by atoms with Gasteiger partial charge in [0.1, 0.15) is 0 Å². The van der Waals surface area contributed by atoms with Gasteiger partial charge in [-0.3, -0.25) is 0 Å². The fourth-order valence-corrected chi connectivity index (χ4v) is 4.08. The molecule has 0 bridgehead atoms. The summed E-state index contributed by atoms with van der Waals surface area (Å²) in [5.74, 6) is -0.871. The molecule has 5 nitrogen and oxygen atoms in total. The van der Waals surface area contributed by atoms with Gasteiger partial charge < -0.3 is 0 Å². The summed E-state index contributed by atoms with van der Waals surface area (Å²) in [5.41, 5.74) is 0.768. The van der Waals surface area contributed by atoms with Crippen LogP contribution in [0.4, 0.5) is 4.39 Å². The van der Waals surface area contributed by atoms with Crippen LogP contribution in [-0.2, 0) is 10.0 Å². The lowest BCUT2D eigenvalue weighted by molar-refractivity contribution is 0.536. The van der Waals surface area contributed by atoms with Gasteiger partial charge in [0.25, 0.3) is 10.0 Å². The van der Waals surface area contributed by atoms with Crippen LogP contribution in [0.2, 0.25) is 0 Å². The van der Waals surface area contributed by atoms with Crippen LogP contribution in [0.5, 0.6) is 0 Å². The normalized spacial score (nSPS) is 13.4. The summed E-state index contributed by atoms with van der Waals surface area (Å²) in [6.07, 6.45) is 1.24. The Labute approximate surface area is 121 Å². The second kappa shape index (κ2) is 5.55. The average Bonchev–Trinajstić information content (AvgIpc) is 2.68. The summed E-state index contributed by atoms with van der Waals surface area (Å²) in [7, 11) is -4.00. The molecule has 0 aliphatic heterocycles. The number of thiazole rings is 1. The van der Waals surface area contributed by atoms with Crippen molar-refractivity contribution in [2.24, 2.45) is 0 Å². The molecule has 0 aliphatic rings. The number of nitrogens with one attached hydrogen (secondary N) is 1. The van der Waals surface area contributed by atoms with Crippen LogP contribution in [0.3, 0.4) is 0 Å². The maximum Gasteiger partial charge on any atom is 0.261 e. The van der Waals surface area contributed by atoms with Crippen molar-refractivity contribution in [1.29, 1.82) is 0 Å². The third kappa shape index (κ3) is 3.02. The van der Waals surface area contributed by atoms with Crippen LogP contribution >= 0.6 is 11.3 Å². The fourth-order valence-electron chi connectivity index (χ4n) is 1.86. The summed E-state index contributed by atoms with van der Waals surface area (Å²) in [4.78, 5) is 8.64. The van der Waals surface area contributed by atoms with Crippen molar-refractivity contribution in [3.63, 3.8) is 0 Å². The molecule has 0 aliphatic carbocycles. The van der Waals surface area contributed by atoms with Gasteiger partial charge in [-0.15, -0.1) is 11.3 Å². The first kappa shape index (κ1) is 15.0. The van der Waals surface area contributed by atoms with Gasteiger partial charge in [0.2, 0.25) is 5.03 Å². The highest BCUT2D eigenvalue weighted by molar-refractivity contribution is 7.89. The first-order chi connectivity index (χ1) is 9.31. The Balaban J connectivity index is 2.29. The standard InChI is InChI=1S/C12H14FN3O2S2/c1-7-11(19-9(3)15-7)8(2)16-20(17,18)12-10(13)5-4-6-14-12/h4-6,8,16H,1-3H3. The van der Waals surface area contributed by atoms with Crippen molar-refractivity contribution in [2.75, 3.05) is 0 Å². The van der Waals surface area contributed by atoms with E-state index in [-0.39, 0.29) is 0 Å². The number of pyridine rings is 1. The molecular formula is C12H14FN3O2S2. The average molecular weight is 315 g/mol. The smallest absolute Gasteiger partial charge is 0.247 e. The second-order valence-electron chi connectivity index (χ2n) is 4.32. The lowest BCUT2D eigenvalue weighted by Crippen LogP contribution is -2.28. The third-order valence-corrected chi connectivity index (χ3v) is 5.37. The Bertz CT molecular complexity index is 728. The zero-order chi connectivity index (χ0) is 14.9. The quantitative estimate of drug-likeness (QED) is 0.940. The van der Waals surface area contributed by atoms with Crippen LogP contribution in [0.25, 0.3) is 0 Å². The second-order valence-corrected chi connectivity index (χ2v) is 7.18. The highest BCUT2D eigenvalue weighted by Gasteiger charge is 2.25. The molecule has 0 aromatic carbocycles. The molecule has 20 heavy (non-hydrogen) atoms. The summed E-state index contributed by atoms with van der Waals surface area (Å²) < 4.78 is 40.2. The van der Waals surface area contributed by atoms with Gasteiger partial charge in [0.05, 0.1) is 16.7 Å². The SMILES string of the molecule is Cc1nc(C)c(C(C)NS(=O)(=O)c2ncccc2F)s1. The van der Waals surface area contributed by atoms with Crippen molar-refractivity contribution in [3.05, 3.63) is 39.7 Å². The lowest BCUT2D eigenvalue weighted by atomic mass is 10.2. The van der Waals surface area contributed by atoms with E-state index in [4.69, 9.17) is 0 Å². The van der Waals surface area contributed by atoms with Crippen LogP contribution in [0.15, 0.2) is 23.4 Å². The number of hydrogen-bond donors (Lipinski definition) is 1. The Hall–Kier alpha value is -1.38. The van der Waals surface area contributed by atoms with Gasteiger partial charge in [-0.2, -0.15) is 0 Å².